The molecule has 21 heavy (non-hydrogen) atoms. The maximum Gasteiger partial charge on any atom is 0.307 e. The Hall–Kier alpha value is -1.59. The first-order valence-corrected chi connectivity index (χ1v) is 7.23. The molecule has 0 aliphatic rings. The van der Waals surface area contributed by atoms with E-state index in [1.54, 1.807) is 0 Å². The van der Waals surface area contributed by atoms with Crippen LogP contribution in [0.1, 0.15) is 18.9 Å². The maximum atomic E-state index is 11.8. The monoisotopic (exact) mass is 312 g/mol. The fourth-order valence-corrected chi connectivity index (χ4v) is 1.92. The molecule has 6 heteroatoms. The lowest BCUT2D eigenvalue weighted by Gasteiger charge is -2.20. The lowest BCUT2D eigenvalue weighted by molar-refractivity contribution is -0.140. The number of hydrogen-bond donors (Lipinski definition) is 1. The zero-order valence-electron chi connectivity index (χ0n) is 12.4. The predicted octanol–water partition coefficient (Wildman–Crippen LogP) is 1.84. The number of amides is 1. The fraction of sp³-hybridized carbons (Fsp3) is 0.467. The van der Waals surface area contributed by atoms with Crippen molar-refractivity contribution >= 4 is 23.5 Å². The van der Waals surface area contributed by atoms with E-state index < -0.39 is 0 Å². The highest BCUT2D eigenvalue weighted by Crippen LogP contribution is 2.11. The summed E-state index contributed by atoms with van der Waals surface area (Å²) in [5.74, 6) is -0.432. The molecular formula is C15H21ClN2O3. The molecule has 1 aromatic carbocycles. The molecule has 5 nitrogen and oxygen atoms in total. The van der Waals surface area contributed by atoms with Crippen molar-refractivity contribution in [2.75, 3.05) is 26.7 Å². The van der Waals surface area contributed by atoms with Gasteiger partial charge in [0.2, 0.25) is 5.91 Å². The summed E-state index contributed by atoms with van der Waals surface area (Å²) in [5.41, 5.74) is 1.10. The summed E-state index contributed by atoms with van der Waals surface area (Å²) >= 11 is 5.85. The molecule has 1 aromatic rings. The lowest BCUT2D eigenvalue weighted by atomic mass is 10.2. The average molecular weight is 313 g/mol. The van der Waals surface area contributed by atoms with Crippen LogP contribution in [0.3, 0.4) is 0 Å². The van der Waals surface area contributed by atoms with E-state index in [1.165, 1.54) is 7.11 Å². The number of benzene rings is 1. The van der Waals surface area contributed by atoms with Gasteiger partial charge < -0.3 is 10.1 Å². The van der Waals surface area contributed by atoms with Crippen LogP contribution in [-0.4, -0.2) is 43.5 Å². The number of likely N-dealkylation sites (N-methyl/N-ethyl adjacent to an activating group) is 1. The summed E-state index contributed by atoms with van der Waals surface area (Å²) in [6, 6.07) is 7.56. The molecule has 116 valence electrons. The number of rotatable bonds is 8. The van der Waals surface area contributed by atoms with Crippen molar-refractivity contribution in [3.63, 3.8) is 0 Å². The number of methoxy groups -OCH3 is 1. The molecule has 0 bridgehead atoms. The number of carbonyl (C=O) groups is 2. The smallest absolute Gasteiger partial charge is 0.307 e. The molecule has 0 aliphatic heterocycles. The van der Waals surface area contributed by atoms with Crippen LogP contribution in [0.25, 0.3) is 0 Å². The second-order valence-electron chi connectivity index (χ2n) is 4.61. The molecule has 0 aromatic heterocycles. The van der Waals surface area contributed by atoms with Crippen LogP contribution in [0.5, 0.6) is 0 Å². The van der Waals surface area contributed by atoms with E-state index in [-0.39, 0.29) is 18.3 Å². The summed E-state index contributed by atoms with van der Waals surface area (Å²) in [6.45, 7) is 4.02. The van der Waals surface area contributed by atoms with E-state index in [1.807, 2.05) is 36.1 Å². The van der Waals surface area contributed by atoms with Gasteiger partial charge in [-0.25, -0.2) is 0 Å². The first-order chi connectivity index (χ1) is 10.0. The van der Waals surface area contributed by atoms with Crippen LogP contribution in [0, 0.1) is 0 Å². The third-order valence-corrected chi connectivity index (χ3v) is 3.26. The largest absolute Gasteiger partial charge is 0.469 e. The zero-order valence-corrected chi connectivity index (χ0v) is 13.2. The number of ether oxygens (including phenoxy) is 1. The molecule has 1 amide bonds. The fourth-order valence-electron chi connectivity index (χ4n) is 1.79. The quantitative estimate of drug-likeness (QED) is 0.744. The summed E-state index contributed by atoms with van der Waals surface area (Å²) < 4.78 is 4.51. The molecule has 1 N–H and O–H groups in total. The van der Waals surface area contributed by atoms with Crippen molar-refractivity contribution in [3.8, 4) is 0 Å². The Morgan fingerprint density at radius 2 is 1.95 bits per heavy atom. The average Bonchev–Trinajstić information content (AvgIpc) is 2.48. The molecule has 0 radical (unpaired) electrons. The number of nitrogens with zero attached hydrogens (tertiary/aromatic N) is 1. The van der Waals surface area contributed by atoms with Crippen LogP contribution >= 0.6 is 11.6 Å². The second kappa shape index (κ2) is 9.37. The highest BCUT2D eigenvalue weighted by molar-refractivity contribution is 6.30. The highest BCUT2D eigenvalue weighted by Gasteiger charge is 2.10. The van der Waals surface area contributed by atoms with Gasteiger partial charge in [0.05, 0.1) is 20.1 Å². The third kappa shape index (κ3) is 7.11. The van der Waals surface area contributed by atoms with Crippen molar-refractivity contribution < 1.29 is 14.3 Å². The third-order valence-electron chi connectivity index (χ3n) is 3.01. The minimum absolute atomic E-state index is 0.102. The number of carbonyl (C=O) groups excluding carboxylic acids is 2. The minimum atomic E-state index is -0.330. The highest BCUT2D eigenvalue weighted by atomic mass is 35.5. The molecule has 0 unspecified atom stereocenters. The van der Waals surface area contributed by atoms with Gasteiger partial charge in [0.15, 0.2) is 0 Å². The molecule has 0 fully saturated rings. The van der Waals surface area contributed by atoms with Gasteiger partial charge in [-0.05, 0) is 24.2 Å². The number of esters is 1. The van der Waals surface area contributed by atoms with Gasteiger partial charge in [0.1, 0.15) is 0 Å². The SMILES string of the molecule is CCN(CC(=O)NCCC(=O)OC)Cc1ccc(Cl)cc1. The van der Waals surface area contributed by atoms with Crippen molar-refractivity contribution in [2.24, 2.45) is 0 Å². The maximum absolute atomic E-state index is 11.8. The van der Waals surface area contributed by atoms with E-state index in [9.17, 15) is 9.59 Å². The van der Waals surface area contributed by atoms with Crippen LogP contribution in [0.15, 0.2) is 24.3 Å². The van der Waals surface area contributed by atoms with Crippen molar-refractivity contribution in [2.45, 2.75) is 19.9 Å². The first-order valence-electron chi connectivity index (χ1n) is 6.85. The molecule has 0 spiro atoms. The van der Waals surface area contributed by atoms with Gasteiger partial charge in [-0.15, -0.1) is 0 Å². The molecule has 0 aliphatic carbocycles. The Bertz CT molecular complexity index is 462. The second-order valence-corrected chi connectivity index (χ2v) is 5.04. The van der Waals surface area contributed by atoms with Crippen LogP contribution < -0.4 is 5.32 Å². The Labute approximate surface area is 130 Å². The van der Waals surface area contributed by atoms with E-state index in [0.717, 1.165) is 12.1 Å². The van der Waals surface area contributed by atoms with Crippen LogP contribution in [0.2, 0.25) is 5.02 Å². The van der Waals surface area contributed by atoms with E-state index >= 15 is 0 Å². The zero-order chi connectivity index (χ0) is 15.7. The van der Waals surface area contributed by atoms with E-state index in [2.05, 4.69) is 10.1 Å². The standard InChI is InChI=1S/C15H21ClN2O3/c1-3-18(10-12-4-6-13(16)7-5-12)11-14(19)17-9-8-15(20)21-2/h4-7H,3,8-11H2,1-2H3,(H,17,19). The Kier molecular flexibility index (Phi) is 7.79. The summed E-state index contributed by atoms with van der Waals surface area (Å²) in [7, 11) is 1.33. The molecule has 1 rings (SSSR count). The number of halogens is 1. The number of hydrogen-bond acceptors (Lipinski definition) is 4. The van der Waals surface area contributed by atoms with E-state index in [4.69, 9.17) is 11.6 Å². The Balaban J connectivity index is 2.37. The molecule has 0 atom stereocenters. The van der Waals surface area contributed by atoms with Gasteiger partial charge in [-0.1, -0.05) is 30.7 Å². The minimum Gasteiger partial charge on any atom is -0.469 e. The first kappa shape index (κ1) is 17.5. The van der Waals surface area contributed by atoms with Gasteiger partial charge in [-0.2, -0.15) is 0 Å². The lowest BCUT2D eigenvalue weighted by Crippen LogP contribution is -2.37. The van der Waals surface area contributed by atoms with Crippen LogP contribution in [-0.2, 0) is 20.9 Å². The topological polar surface area (TPSA) is 58.6 Å². The van der Waals surface area contributed by atoms with Gasteiger partial charge in [0, 0.05) is 18.1 Å². The summed E-state index contributed by atoms with van der Waals surface area (Å²) in [5, 5.41) is 3.40. The van der Waals surface area contributed by atoms with Crippen molar-refractivity contribution in [1.82, 2.24) is 10.2 Å². The van der Waals surface area contributed by atoms with Gasteiger partial charge in [-0.3, -0.25) is 14.5 Å². The molecule has 0 saturated carbocycles. The van der Waals surface area contributed by atoms with Crippen molar-refractivity contribution in [3.05, 3.63) is 34.9 Å². The molecule has 0 saturated heterocycles. The molecular weight excluding hydrogens is 292 g/mol. The van der Waals surface area contributed by atoms with Crippen molar-refractivity contribution in [1.29, 1.82) is 0 Å². The van der Waals surface area contributed by atoms with Gasteiger partial charge >= 0.3 is 5.97 Å². The van der Waals surface area contributed by atoms with Gasteiger partial charge in [0.25, 0.3) is 0 Å². The Morgan fingerprint density at radius 1 is 1.29 bits per heavy atom. The normalized spacial score (nSPS) is 10.5. The summed E-state index contributed by atoms with van der Waals surface area (Å²) in [4.78, 5) is 24.8. The van der Waals surface area contributed by atoms with E-state index in [0.29, 0.717) is 24.7 Å². The summed E-state index contributed by atoms with van der Waals surface area (Å²) in [6.07, 6.45) is 0.186. The Morgan fingerprint density at radius 3 is 2.52 bits per heavy atom. The number of nitrogens with one attached hydrogen (secondary N) is 1. The molecule has 0 heterocycles. The van der Waals surface area contributed by atoms with Crippen LogP contribution in [0.4, 0.5) is 0 Å². The predicted molar refractivity (Wildman–Crippen MR) is 82.0 cm³/mol.